The number of aryl methyl sites for hydroxylation is 3. The number of aromatic nitrogens is 4. The predicted molar refractivity (Wildman–Crippen MR) is 109 cm³/mol. The van der Waals surface area contributed by atoms with Crippen molar-refractivity contribution in [1.29, 1.82) is 0 Å². The molecule has 8 nitrogen and oxygen atoms in total. The zero-order valence-electron chi connectivity index (χ0n) is 16.9. The normalized spacial score (nSPS) is 18.2. The van der Waals surface area contributed by atoms with Gasteiger partial charge >= 0.3 is 0 Å². The number of nitrogens with one attached hydrogen (secondary N) is 1. The van der Waals surface area contributed by atoms with Crippen LogP contribution in [0, 0.1) is 6.92 Å². The van der Waals surface area contributed by atoms with Gasteiger partial charge in [-0.1, -0.05) is 0 Å². The number of imidazole rings is 1. The first-order valence-electron chi connectivity index (χ1n) is 9.89. The lowest BCUT2D eigenvalue weighted by molar-refractivity contribution is 0.331. The van der Waals surface area contributed by atoms with Crippen LogP contribution in [-0.4, -0.2) is 57.6 Å². The molecule has 0 radical (unpaired) electrons. The second-order valence-electron chi connectivity index (χ2n) is 8.07. The largest absolute Gasteiger partial charge is 0.351 e. The minimum atomic E-state index is -3.11. The van der Waals surface area contributed by atoms with Crippen molar-refractivity contribution in [2.24, 2.45) is 0 Å². The minimum absolute atomic E-state index is 0.177. The summed E-state index contributed by atoms with van der Waals surface area (Å²) in [7, 11) is -3.11. The van der Waals surface area contributed by atoms with Gasteiger partial charge in [-0.15, -0.1) is 0 Å². The number of hydrogen-bond donors (Lipinski definition) is 1. The summed E-state index contributed by atoms with van der Waals surface area (Å²) in [5.74, 6) is 1.63. The van der Waals surface area contributed by atoms with Crippen LogP contribution in [0.4, 0.5) is 5.95 Å². The monoisotopic (exact) mass is 404 g/mol. The summed E-state index contributed by atoms with van der Waals surface area (Å²) in [4.78, 5) is 14.2. The summed E-state index contributed by atoms with van der Waals surface area (Å²) in [5.41, 5.74) is 4.37. The highest BCUT2D eigenvalue weighted by atomic mass is 32.2. The van der Waals surface area contributed by atoms with Crippen LogP contribution in [0.25, 0.3) is 11.4 Å². The third-order valence-electron chi connectivity index (χ3n) is 5.65. The molecule has 0 bridgehead atoms. The van der Waals surface area contributed by atoms with E-state index in [1.165, 1.54) is 10.6 Å². The Hall–Kier alpha value is -2.00. The van der Waals surface area contributed by atoms with Crippen molar-refractivity contribution in [3.8, 4) is 11.4 Å². The minimum Gasteiger partial charge on any atom is -0.351 e. The summed E-state index contributed by atoms with van der Waals surface area (Å²) >= 11 is 0. The Kier molecular flexibility index (Phi) is 4.91. The van der Waals surface area contributed by atoms with Gasteiger partial charge in [0.05, 0.1) is 23.3 Å². The molecule has 2 aliphatic rings. The van der Waals surface area contributed by atoms with E-state index in [0.717, 1.165) is 54.2 Å². The van der Waals surface area contributed by atoms with Gasteiger partial charge in [0, 0.05) is 31.4 Å². The molecule has 0 saturated carbocycles. The number of rotatable bonds is 4. The smallest absolute Gasteiger partial charge is 0.223 e. The molecule has 0 spiro atoms. The highest BCUT2D eigenvalue weighted by Crippen LogP contribution is 2.35. The second-order valence-corrected chi connectivity index (χ2v) is 10.0. The highest BCUT2D eigenvalue weighted by Gasteiger charge is 2.28. The van der Waals surface area contributed by atoms with Gasteiger partial charge in [-0.2, -0.15) is 0 Å². The number of fused-ring (bicyclic) bond motifs is 3. The standard InChI is InChI=1S/C19H28N6O2S/c1-12(2)25-13(3)21-16-6-5-14-11-20-19(23-17(14)18(16)25)22-15-7-9-24(10-8-15)28(4,26)27/h11-12,15H,5-10H2,1-4H3,(H,20,22,23). The molecule has 1 aliphatic carbocycles. The maximum absolute atomic E-state index is 11.7. The third kappa shape index (κ3) is 3.53. The number of nitrogens with zero attached hydrogens (tertiary/aromatic N) is 5. The molecule has 0 atom stereocenters. The quantitative estimate of drug-likeness (QED) is 0.839. The number of hydrogen-bond acceptors (Lipinski definition) is 6. The maximum atomic E-state index is 11.7. The van der Waals surface area contributed by atoms with E-state index in [2.05, 4.69) is 28.7 Å². The van der Waals surface area contributed by atoms with Crippen LogP contribution in [0.15, 0.2) is 6.20 Å². The van der Waals surface area contributed by atoms with Crippen LogP contribution in [0.5, 0.6) is 0 Å². The van der Waals surface area contributed by atoms with Crippen LogP contribution in [-0.2, 0) is 22.9 Å². The van der Waals surface area contributed by atoms with Crippen LogP contribution in [0.1, 0.15) is 49.8 Å². The maximum Gasteiger partial charge on any atom is 0.223 e. The molecule has 1 N–H and O–H groups in total. The number of anilines is 1. The van der Waals surface area contributed by atoms with Gasteiger partial charge in [0.25, 0.3) is 0 Å². The first-order chi connectivity index (χ1) is 13.2. The van der Waals surface area contributed by atoms with Gasteiger partial charge in [-0.05, 0) is 52.0 Å². The van der Waals surface area contributed by atoms with Gasteiger partial charge in [-0.3, -0.25) is 0 Å². The molecule has 2 aromatic rings. The third-order valence-corrected chi connectivity index (χ3v) is 6.96. The van der Waals surface area contributed by atoms with E-state index < -0.39 is 10.0 Å². The molecule has 3 heterocycles. The topological polar surface area (TPSA) is 93.0 Å². The van der Waals surface area contributed by atoms with Gasteiger partial charge in [0.1, 0.15) is 5.82 Å². The highest BCUT2D eigenvalue weighted by molar-refractivity contribution is 7.88. The summed E-state index contributed by atoms with van der Waals surface area (Å²) in [6.45, 7) is 7.45. The molecule has 0 aromatic carbocycles. The van der Waals surface area contributed by atoms with Gasteiger partial charge in [-0.25, -0.2) is 27.7 Å². The Morgan fingerprint density at radius 2 is 1.89 bits per heavy atom. The van der Waals surface area contributed by atoms with Crippen molar-refractivity contribution < 1.29 is 8.42 Å². The number of sulfonamides is 1. The molecular weight excluding hydrogens is 376 g/mol. The molecule has 0 unspecified atom stereocenters. The van der Waals surface area contributed by atoms with Crippen molar-refractivity contribution in [2.75, 3.05) is 24.7 Å². The summed E-state index contributed by atoms with van der Waals surface area (Å²) in [6.07, 6.45) is 6.52. The van der Waals surface area contributed by atoms with E-state index in [4.69, 9.17) is 9.97 Å². The number of piperidine rings is 1. The van der Waals surface area contributed by atoms with E-state index in [-0.39, 0.29) is 6.04 Å². The van der Waals surface area contributed by atoms with E-state index in [0.29, 0.717) is 25.1 Å². The molecular formula is C19H28N6O2S. The first kappa shape index (κ1) is 19.3. The van der Waals surface area contributed by atoms with Crippen molar-refractivity contribution in [1.82, 2.24) is 23.8 Å². The molecule has 152 valence electrons. The van der Waals surface area contributed by atoms with E-state index in [1.54, 1.807) is 0 Å². The predicted octanol–water partition coefficient (Wildman–Crippen LogP) is 2.16. The molecule has 0 amide bonds. The van der Waals surface area contributed by atoms with Gasteiger partial charge < -0.3 is 9.88 Å². The lowest BCUT2D eigenvalue weighted by Gasteiger charge is -2.30. The average molecular weight is 405 g/mol. The second kappa shape index (κ2) is 7.11. The summed E-state index contributed by atoms with van der Waals surface area (Å²) < 4.78 is 27.2. The molecule has 2 aromatic heterocycles. The Labute approximate surface area is 166 Å². The van der Waals surface area contributed by atoms with Crippen LogP contribution >= 0.6 is 0 Å². The van der Waals surface area contributed by atoms with Gasteiger partial charge in [0.2, 0.25) is 16.0 Å². The molecule has 4 rings (SSSR count). The fourth-order valence-electron chi connectivity index (χ4n) is 4.29. The van der Waals surface area contributed by atoms with Gasteiger partial charge in [0.15, 0.2) is 0 Å². The zero-order chi connectivity index (χ0) is 20.1. The van der Waals surface area contributed by atoms with Crippen LogP contribution in [0.3, 0.4) is 0 Å². The lowest BCUT2D eigenvalue weighted by Crippen LogP contribution is -2.42. The molecule has 28 heavy (non-hydrogen) atoms. The Balaban J connectivity index is 1.58. The Morgan fingerprint density at radius 3 is 2.54 bits per heavy atom. The Bertz CT molecular complexity index is 990. The zero-order valence-corrected chi connectivity index (χ0v) is 17.8. The van der Waals surface area contributed by atoms with Crippen molar-refractivity contribution in [2.45, 2.75) is 58.5 Å². The lowest BCUT2D eigenvalue weighted by atomic mass is 9.97. The average Bonchev–Trinajstić information content (AvgIpc) is 2.98. The van der Waals surface area contributed by atoms with E-state index in [1.807, 2.05) is 13.1 Å². The van der Waals surface area contributed by atoms with Crippen molar-refractivity contribution in [3.05, 3.63) is 23.3 Å². The fraction of sp³-hybridized carbons (Fsp3) is 0.632. The van der Waals surface area contributed by atoms with Crippen molar-refractivity contribution in [3.63, 3.8) is 0 Å². The fourth-order valence-corrected chi connectivity index (χ4v) is 5.17. The summed E-state index contributed by atoms with van der Waals surface area (Å²) in [6, 6.07) is 0.491. The molecule has 1 saturated heterocycles. The Morgan fingerprint density at radius 1 is 1.18 bits per heavy atom. The van der Waals surface area contributed by atoms with Crippen LogP contribution in [0.2, 0.25) is 0 Å². The molecule has 1 fully saturated rings. The van der Waals surface area contributed by atoms with E-state index in [9.17, 15) is 8.42 Å². The SMILES string of the molecule is Cc1nc2c(n1C(C)C)-c1nc(NC3CCN(S(C)(=O)=O)CC3)ncc1CC2. The molecule has 9 heteroatoms. The molecule has 1 aliphatic heterocycles. The van der Waals surface area contributed by atoms with E-state index >= 15 is 0 Å². The van der Waals surface area contributed by atoms with Crippen molar-refractivity contribution >= 4 is 16.0 Å². The summed E-state index contributed by atoms with van der Waals surface area (Å²) in [5, 5.41) is 3.42. The van der Waals surface area contributed by atoms with Crippen LogP contribution < -0.4 is 5.32 Å². The first-order valence-corrected chi connectivity index (χ1v) is 11.7.